The number of carbonyl (C=O) groups is 1. The molecule has 0 fully saturated rings. The van der Waals surface area contributed by atoms with Crippen molar-refractivity contribution in [1.29, 1.82) is 0 Å². The van der Waals surface area contributed by atoms with E-state index in [0.717, 1.165) is 16.3 Å². The van der Waals surface area contributed by atoms with Gasteiger partial charge in [-0.05, 0) is 32.2 Å². The molecular formula is C12H14N2OS2. The number of thiophene rings is 1. The molecule has 2 heterocycles. The molecule has 0 aliphatic rings. The second-order valence-electron chi connectivity index (χ2n) is 4.07. The number of rotatable bonds is 3. The quantitative estimate of drug-likeness (QED) is 0.926. The van der Waals surface area contributed by atoms with Gasteiger partial charge in [0.05, 0.1) is 5.69 Å². The van der Waals surface area contributed by atoms with Gasteiger partial charge in [0.1, 0.15) is 9.88 Å². The summed E-state index contributed by atoms with van der Waals surface area (Å²) in [6.45, 7) is 5.78. The highest BCUT2D eigenvalue weighted by Crippen LogP contribution is 2.29. The van der Waals surface area contributed by atoms with E-state index in [1.807, 2.05) is 37.6 Å². The van der Waals surface area contributed by atoms with E-state index >= 15 is 0 Å². The summed E-state index contributed by atoms with van der Waals surface area (Å²) in [6, 6.07) is 2.17. The first kappa shape index (κ1) is 12.3. The molecule has 0 aliphatic carbocycles. The number of thiazole rings is 1. The number of nitrogens with zero attached hydrogens (tertiary/aromatic N) is 1. The summed E-state index contributed by atoms with van der Waals surface area (Å²) >= 11 is 3.09. The standard InChI is InChI=1S/C12H14N2OS2/c1-7(2)13-11(15)10-8(3)14-12(17-10)9-4-5-16-6-9/h4-7H,1-3H3,(H,13,15). The van der Waals surface area contributed by atoms with Crippen molar-refractivity contribution in [1.82, 2.24) is 10.3 Å². The van der Waals surface area contributed by atoms with Crippen molar-refractivity contribution < 1.29 is 4.79 Å². The monoisotopic (exact) mass is 266 g/mol. The molecule has 0 aliphatic heterocycles. The Balaban J connectivity index is 2.28. The first-order valence-electron chi connectivity index (χ1n) is 5.39. The summed E-state index contributed by atoms with van der Waals surface area (Å²) in [5.74, 6) is -0.0310. The van der Waals surface area contributed by atoms with Crippen molar-refractivity contribution in [3.8, 4) is 10.6 Å². The molecule has 0 unspecified atom stereocenters. The van der Waals surface area contributed by atoms with Crippen molar-refractivity contribution in [2.45, 2.75) is 26.8 Å². The largest absolute Gasteiger partial charge is 0.349 e. The van der Waals surface area contributed by atoms with Gasteiger partial charge in [0, 0.05) is 17.0 Å². The Hall–Kier alpha value is -1.20. The Morgan fingerprint density at radius 2 is 2.24 bits per heavy atom. The van der Waals surface area contributed by atoms with Crippen molar-refractivity contribution in [3.05, 3.63) is 27.4 Å². The molecule has 0 atom stereocenters. The molecule has 0 radical (unpaired) electrons. The van der Waals surface area contributed by atoms with Crippen LogP contribution >= 0.6 is 22.7 Å². The zero-order valence-corrected chi connectivity index (χ0v) is 11.6. The van der Waals surface area contributed by atoms with Crippen LogP contribution in [0.3, 0.4) is 0 Å². The van der Waals surface area contributed by atoms with Gasteiger partial charge < -0.3 is 5.32 Å². The number of aryl methyl sites for hydroxylation is 1. The average Bonchev–Trinajstić information content (AvgIpc) is 2.84. The van der Waals surface area contributed by atoms with E-state index in [9.17, 15) is 4.79 Å². The summed E-state index contributed by atoms with van der Waals surface area (Å²) in [4.78, 5) is 17.1. The number of carbonyl (C=O) groups excluding carboxylic acids is 1. The minimum Gasteiger partial charge on any atom is -0.349 e. The fourth-order valence-corrected chi connectivity index (χ4v) is 3.13. The van der Waals surface area contributed by atoms with Crippen LogP contribution in [0, 0.1) is 6.92 Å². The fraction of sp³-hybridized carbons (Fsp3) is 0.333. The summed E-state index contributed by atoms with van der Waals surface area (Å²) < 4.78 is 0. The van der Waals surface area contributed by atoms with Crippen LogP contribution in [-0.4, -0.2) is 16.9 Å². The lowest BCUT2D eigenvalue weighted by Crippen LogP contribution is -2.29. The van der Waals surface area contributed by atoms with Crippen LogP contribution in [0.25, 0.3) is 10.6 Å². The number of hydrogen-bond acceptors (Lipinski definition) is 4. The molecule has 2 aromatic heterocycles. The first-order chi connectivity index (χ1) is 8.08. The van der Waals surface area contributed by atoms with Crippen LogP contribution in [0.2, 0.25) is 0 Å². The predicted molar refractivity (Wildman–Crippen MR) is 72.8 cm³/mol. The van der Waals surface area contributed by atoms with Gasteiger partial charge in [-0.2, -0.15) is 11.3 Å². The smallest absolute Gasteiger partial charge is 0.263 e. The first-order valence-corrected chi connectivity index (χ1v) is 7.14. The van der Waals surface area contributed by atoms with E-state index in [1.54, 1.807) is 11.3 Å². The molecule has 90 valence electrons. The normalized spacial score (nSPS) is 10.8. The predicted octanol–water partition coefficient (Wildman–Crippen LogP) is 3.32. The third-order valence-electron chi connectivity index (χ3n) is 2.19. The van der Waals surface area contributed by atoms with Gasteiger partial charge in [-0.3, -0.25) is 4.79 Å². The topological polar surface area (TPSA) is 42.0 Å². The molecule has 3 nitrogen and oxygen atoms in total. The molecule has 0 aromatic carbocycles. The summed E-state index contributed by atoms with van der Waals surface area (Å²) in [7, 11) is 0. The maximum atomic E-state index is 11.9. The van der Waals surface area contributed by atoms with Gasteiger partial charge in [0.25, 0.3) is 5.91 Å². The lowest BCUT2D eigenvalue weighted by Gasteiger charge is -2.06. The van der Waals surface area contributed by atoms with Gasteiger partial charge in [-0.15, -0.1) is 11.3 Å². The number of amides is 1. The van der Waals surface area contributed by atoms with E-state index < -0.39 is 0 Å². The third-order valence-corrected chi connectivity index (χ3v) is 4.08. The van der Waals surface area contributed by atoms with E-state index in [0.29, 0.717) is 4.88 Å². The van der Waals surface area contributed by atoms with Crippen LogP contribution < -0.4 is 5.32 Å². The summed E-state index contributed by atoms with van der Waals surface area (Å²) in [6.07, 6.45) is 0. The number of nitrogens with one attached hydrogen (secondary N) is 1. The van der Waals surface area contributed by atoms with Crippen LogP contribution in [0.15, 0.2) is 16.8 Å². The minimum absolute atomic E-state index is 0.0310. The Labute approximate surface area is 109 Å². The lowest BCUT2D eigenvalue weighted by atomic mass is 10.3. The number of aromatic nitrogens is 1. The van der Waals surface area contributed by atoms with E-state index in [1.165, 1.54) is 11.3 Å². The van der Waals surface area contributed by atoms with Gasteiger partial charge in [-0.1, -0.05) is 0 Å². The van der Waals surface area contributed by atoms with Crippen molar-refractivity contribution >= 4 is 28.6 Å². The maximum absolute atomic E-state index is 11.9. The van der Waals surface area contributed by atoms with Crippen LogP contribution in [0.5, 0.6) is 0 Å². The fourth-order valence-electron chi connectivity index (χ4n) is 1.44. The van der Waals surface area contributed by atoms with E-state index in [4.69, 9.17) is 0 Å². The maximum Gasteiger partial charge on any atom is 0.263 e. The highest BCUT2D eigenvalue weighted by atomic mass is 32.1. The SMILES string of the molecule is Cc1nc(-c2ccsc2)sc1C(=O)NC(C)C. The van der Waals surface area contributed by atoms with Gasteiger partial charge in [0.15, 0.2) is 0 Å². The Bertz CT molecular complexity index is 515. The van der Waals surface area contributed by atoms with Gasteiger partial charge in [0.2, 0.25) is 0 Å². The Kier molecular flexibility index (Phi) is 3.59. The Morgan fingerprint density at radius 1 is 1.47 bits per heavy atom. The Morgan fingerprint density at radius 3 is 2.82 bits per heavy atom. The molecule has 5 heteroatoms. The highest BCUT2D eigenvalue weighted by Gasteiger charge is 2.16. The van der Waals surface area contributed by atoms with Gasteiger partial charge in [-0.25, -0.2) is 4.98 Å². The highest BCUT2D eigenvalue weighted by molar-refractivity contribution is 7.17. The molecule has 0 saturated heterocycles. The lowest BCUT2D eigenvalue weighted by molar-refractivity contribution is 0.0946. The molecule has 0 bridgehead atoms. The van der Waals surface area contributed by atoms with E-state index in [2.05, 4.69) is 10.3 Å². The molecule has 0 saturated carbocycles. The van der Waals surface area contributed by atoms with E-state index in [-0.39, 0.29) is 11.9 Å². The van der Waals surface area contributed by atoms with Gasteiger partial charge >= 0.3 is 0 Å². The molecular weight excluding hydrogens is 252 g/mol. The molecule has 17 heavy (non-hydrogen) atoms. The second-order valence-corrected chi connectivity index (χ2v) is 5.85. The second kappa shape index (κ2) is 4.98. The summed E-state index contributed by atoms with van der Waals surface area (Å²) in [5, 5.41) is 7.86. The van der Waals surface area contributed by atoms with Crippen LogP contribution in [-0.2, 0) is 0 Å². The van der Waals surface area contributed by atoms with Crippen LogP contribution in [0.4, 0.5) is 0 Å². The van der Waals surface area contributed by atoms with Crippen LogP contribution in [0.1, 0.15) is 29.2 Å². The zero-order valence-electron chi connectivity index (χ0n) is 9.98. The van der Waals surface area contributed by atoms with Crippen molar-refractivity contribution in [2.24, 2.45) is 0 Å². The van der Waals surface area contributed by atoms with Crippen molar-refractivity contribution in [3.63, 3.8) is 0 Å². The molecule has 1 amide bonds. The molecule has 1 N–H and O–H groups in total. The minimum atomic E-state index is -0.0310. The molecule has 2 rings (SSSR count). The molecule has 0 spiro atoms. The summed E-state index contributed by atoms with van der Waals surface area (Å²) in [5.41, 5.74) is 1.89. The van der Waals surface area contributed by atoms with Crippen molar-refractivity contribution in [2.75, 3.05) is 0 Å². The molecule has 2 aromatic rings. The average molecular weight is 266 g/mol. The number of hydrogen-bond donors (Lipinski definition) is 1. The third kappa shape index (κ3) is 2.73. The zero-order chi connectivity index (χ0) is 12.4.